The minimum atomic E-state index is 0.0254. The molecule has 6 nitrogen and oxygen atoms in total. The summed E-state index contributed by atoms with van der Waals surface area (Å²) in [5, 5.41) is 6.22. The molecule has 2 aliphatic carbocycles. The maximum Gasteiger partial charge on any atom is 0.227 e. The van der Waals surface area contributed by atoms with Crippen LogP contribution in [0.3, 0.4) is 0 Å². The zero-order valence-corrected chi connectivity index (χ0v) is 18.7. The second kappa shape index (κ2) is 9.84. The average Bonchev–Trinajstić information content (AvgIpc) is 3.22. The highest BCUT2D eigenvalue weighted by Crippen LogP contribution is 2.36. The first kappa shape index (κ1) is 21.8. The summed E-state index contributed by atoms with van der Waals surface area (Å²) in [6.45, 7) is 2.62. The fourth-order valence-corrected chi connectivity index (χ4v) is 5.25. The molecule has 0 atom stereocenters. The number of hydrogen-bond donors (Lipinski definition) is 2. The molecule has 0 spiro atoms. The number of nitrogens with one attached hydrogen (secondary N) is 2. The van der Waals surface area contributed by atoms with Crippen LogP contribution >= 0.6 is 0 Å². The molecule has 0 bridgehead atoms. The molecule has 4 rings (SSSR count). The van der Waals surface area contributed by atoms with Crippen LogP contribution in [0.15, 0.2) is 12.1 Å². The molecule has 2 N–H and O–H groups in total. The minimum Gasteiger partial charge on any atom is -0.326 e. The number of amides is 3. The number of aryl methyl sites for hydroxylation is 1. The van der Waals surface area contributed by atoms with Crippen molar-refractivity contribution >= 4 is 34.8 Å². The summed E-state index contributed by atoms with van der Waals surface area (Å²) in [6.07, 6.45) is 11.9. The van der Waals surface area contributed by atoms with Gasteiger partial charge in [0.05, 0.1) is 11.4 Å². The van der Waals surface area contributed by atoms with Gasteiger partial charge in [-0.25, -0.2) is 0 Å². The highest BCUT2D eigenvalue weighted by Gasteiger charge is 2.28. The van der Waals surface area contributed by atoms with Crippen molar-refractivity contribution in [2.45, 2.75) is 84.0 Å². The molecule has 0 radical (unpaired) electrons. The van der Waals surface area contributed by atoms with Crippen LogP contribution in [0.25, 0.3) is 0 Å². The van der Waals surface area contributed by atoms with Gasteiger partial charge < -0.3 is 15.5 Å². The molecular formula is C25H35N3O3. The monoisotopic (exact) mass is 425 g/mol. The zero-order valence-electron chi connectivity index (χ0n) is 18.7. The van der Waals surface area contributed by atoms with E-state index in [0.29, 0.717) is 18.7 Å². The van der Waals surface area contributed by atoms with Crippen LogP contribution in [0.1, 0.15) is 82.6 Å². The molecular weight excluding hydrogens is 390 g/mol. The summed E-state index contributed by atoms with van der Waals surface area (Å²) in [5.74, 6) is 0.274. The molecule has 0 unspecified atom stereocenters. The Balaban J connectivity index is 1.59. The van der Waals surface area contributed by atoms with Gasteiger partial charge in [-0.3, -0.25) is 14.4 Å². The van der Waals surface area contributed by atoms with Crippen LogP contribution in [-0.4, -0.2) is 24.3 Å². The fourth-order valence-electron chi connectivity index (χ4n) is 5.25. The first-order chi connectivity index (χ1) is 15.0. The Hall–Kier alpha value is -2.37. The third kappa shape index (κ3) is 5.10. The summed E-state index contributed by atoms with van der Waals surface area (Å²) in [7, 11) is 0. The van der Waals surface area contributed by atoms with Crippen molar-refractivity contribution in [3.05, 3.63) is 17.7 Å². The molecule has 3 aliphatic rings. The standard InChI is InChI=1S/C25H35N3O3/c1-17-15-22(28-14-8-13-23(28)29)21(27-25(31)19-11-6-3-7-12-19)16-20(17)26-24(30)18-9-4-2-5-10-18/h15-16,18-19H,2-14H2,1H3,(H,26,30)(H,27,31). The Morgan fingerprint density at radius 2 is 1.35 bits per heavy atom. The molecule has 168 valence electrons. The molecule has 1 aliphatic heterocycles. The number of carbonyl (C=O) groups excluding carboxylic acids is 3. The van der Waals surface area contributed by atoms with E-state index >= 15 is 0 Å². The molecule has 1 saturated heterocycles. The van der Waals surface area contributed by atoms with Crippen molar-refractivity contribution < 1.29 is 14.4 Å². The lowest BCUT2D eigenvalue weighted by Crippen LogP contribution is -2.29. The van der Waals surface area contributed by atoms with Crippen molar-refractivity contribution in [2.24, 2.45) is 11.8 Å². The summed E-state index contributed by atoms with van der Waals surface area (Å²) in [6, 6.07) is 3.80. The predicted molar refractivity (Wildman–Crippen MR) is 123 cm³/mol. The fraction of sp³-hybridized carbons (Fsp3) is 0.640. The molecule has 31 heavy (non-hydrogen) atoms. The second-order valence-electron chi connectivity index (χ2n) is 9.48. The van der Waals surface area contributed by atoms with E-state index < -0.39 is 0 Å². The number of benzene rings is 1. The van der Waals surface area contributed by atoms with E-state index in [-0.39, 0.29) is 29.6 Å². The zero-order chi connectivity index (χ0) is 21.8. The number of nitrogens with zero attached hydrogens (tertiary/aromatic N) is 1. The summed E-state index contributed by atoms with van der Waals surface area (Å²) in [5.41, 5.74) is 3.02. The quantitative estimate of drug-likeness (QED) is 0.684. The van der Waals surface area contributed by atoms with Gasteiger partial charge in [0.2, 0.25) is 17.7 Å². The minimum absolute atomic E-state index is 0.0254. The number of rotatable bonds is 5. The normalized spacial score (nSPS) is 20.7. The Labute approximate surface area is 185 Å². The van der Waals surface area contributed by atoms with E-state index in [0.717, 1.165) is 74.7 Å². The van der Waals surface area contributed by atoms with Gasteiger partial charge in [-0.15, -0.1) is 0 Å². The van der Waals surface area contributed by atoms with E-state index in [9.17, 15) is 14.4 Å². The second-order valence-corrected chi connectivity index (χ2v) is 9.48. The molecule has 6 heteroatoms. The largest absolute Gasteiger partial charge is 0.326 e. The van der Waals surface area contributed by atoms with Crippen molar-refractivity contribution in [3.63, 3.8) is 0 Å². The first-order valence-corrected chi connectivity index (χ1v) is 12.1. The van der Waals surface area contributed by atoms with Crippen LogP contribution in [0.4, 0.5) is 17.1 Å². The van der Waals surface area contributed by atoms with Gasteiger partial charge >= 0.3 is 0 Å². The molecule has 0 aromatic heterocycles. The molecule has 2 saturated carbocycles. The van der Waals surface area contributed by atoms with Crippen molar-refractivity contribution in [1.29, 1.82) is 0 Å². The van der Waals surface area contributed by atoms with Crippen molar-refractivity contribution in [1.82, 2.24) is 0 Å². The molecule has 1 aromatic carbocycles. The van der Waals surface area contributed by atoms with E-state index in [2.05, 4.69) is 10.6 Å². The average molecular weight is 426 g/mol. The smallest absolute Gasteiger partial charge is 0.227 e. The van der Waals surface area contributed by atoms with Crippen LogP contribution in [0, 0.1) is 18.8 Å². The van der Waals surface area contributed by atoms with E-state index in [1.165, 1.54) is 12.8 Å². The number of anilines is 3. The molecule has 1 heterocycles. The topological polar surface area (TPSA) is 78.5 Å². The maximum atomic E-state index is 13.0. The van der Waals surface area contributed by atoms with Crippen LogP contribution in [0.2, 0.25) is 0 Å². The highest BCUT2D eigenvalue weighted by molar-refractivity contribution is 6.04. The van der Waals surface area contributed by atoms with Crippen LogP contribution < -0.4 is 15.5 Å². The third-order valence-electron chi connectivity index (χ3n) is 7.17. The van der Waals surface area contributed by atoms with Gasteiger partial charge in [0.1, 0.15) is 0 Å². The van der Waals surface area contributed by atoms with E-state index in [4.69, 9.17) is 0 Å². The van der Waals surface area contributed by atoms with Crippen molar-refractivity contribution in [2.75, 3.05) is 22.1 Å². The summed E-state index contributed by atoms with van der Waals surface area (Å²) >= 11 is 0. The lowest BCUT2D eigenvalue weighted by molar-refractivity contribution is -0.121. The SMILES string of the molecule is Cc1cc(N2CCCC2=O)c(NC(=O)C2CCCCC2)cc1NC(=O)C1CCCCC1. The van der Waals surface area contributed by atoms with Crippen LogP contribution in [-0.2, 0) is 14.4 Å². The van der Waals surface area contributed by atoms with Gasteiger partial charge in [-0.1, -0.05) is 38.5 Å². The number of hydrogen-bond acceptors (Lipinski definition) is 3. The summed E-state index contributed by atoms with van der Waals surface area (Å²) in [4.78, 5) is 40.0. The third-order valence-corrected chi connectivity index (χ3v) is 7.17. The van der Waals surface area contributed by atoms with Crippen molar-refractivity contribution in [3.8, 4) is 0 Å². The lowest BCUT2D eigenvalue weighted by Gasteiger charge is -2.26. The Morgan fingerprint density at radius 3 is 1.87 bits per heavy atom. The van der Waals surface area contributed by atoms with E-state index in [1.807, 2.05) is 19.1 Å². The Bertz CT molecular complexity index is 839. The number of carbonyl (C=O) groups is 3. The summed E-state index contributed by atoms with van der Waals surface area (Å²) < 4.78 is 0. The molecule has 3 amide bonds. The van der Waals surface area contributed by atoms with Gasteiger partial charge in [0.25, 0.3) is 0 Å². The predicted octanol–water partition coefficient (Wildman–Crippen LogP) is 5.16. The van der Waals surface area contributed by atoms with Crippen LogP contribution in [0.5, 0.6) is 0 Å². The Kier molecular flexibility index (Phi) is 6.93. The van der Waals surface area contributed by atoms with Gasteiger partial charge in [-0.05, 0) is 56.7 Å². The van der Waals surface area contributed by atoms with Gasteiger partial charge in [0, 0.05) is 30.5 Å². The molecule has 1 aromatic rings. The van der Waals surface area contributed by atoms with Gasteiger partial charge in [-0.2, -0.15) is 0 Å². The Morgan fingerprint density at radius 1 is 0.806 bits per heavy atom. The van der Waals surface area contributed by atoms with E-state index in [1.54, 1.807) is 4.90 Å². The lowest BCUT2D eigenvalue weighted by atomic mass is 9.88. The first-order valence-electron chi connectivity index (χ1n) is 12.1. The molecule has 3 fully saturated rings. The van der Waals surface area contributed by atoms with Gasteiger partial charge in [0.15, 0.2) is 0 Å². The highest BCUT2D eigenvalue weighted by atomic mass is 16.2. The maximum absolute atomic E-state index is 13.0.